The number of carbonyl (C=O) groups excluding carboxylic acids is 1. The van der Waals surface area contributed by atoms with E-state index in [-0.39, 0.29) is 11.9 Å². The zero-order chi connectivity index (χ0) is 18.1. The molecule has 2 bridgehead atoms. The Morgan fingerprint density at radius 1 is 1.27 bits per heavy atom. The third kappa shape index (κ3) is 3.29. The lowest BCUT2D eigenvalue weighted by Crippen LogP contribution is -2.62. The Balaban J connectivity index is 1.43. The molecule has 1 aromatic carbocycles. The number of nitrogens with zero attached hydrogens (tertiary/aromatic N) is 2. The predicted octanol–water partition coefficient (Wildman–Crippen LogP) is 3.16. The van der Waals surface area contributed by atoms with Gasteiger partial charge in [0.15, 0.2) is 16.5 Å². The van der Waals surface area contributed by atoms with Gasteiger partial charge in [0.1, 0.15) is 0 Å². The van der Waals surface area contributed by atoms with Crippen molar-refractivity contribution in [3.05, 3.63) is 35.5 Å². The zero-order valence-corrected chi connectivity index (χ0v) is 15.8. The average molecular weight is 373 g/mol. The Labute approximate surface area is 157 Å². The molecule has 3 fully saturated rings. The number of methoxy groups -OCH3 is 1. The normalized spacial score (nSPS) is 27.2. The van der Waals surface area contributed by atoms with Crippen molar-refractivity contribution < 1.29 is 14.3 Å². The first kappa shape index (κ1) is 17.3. The molecule has 7 heteroatoms. The summed E-state index contributed by atoms with van der Waals surface area (Å²) in [5.41, 5.74) is 0. The minimum absolute atomic E-state index is 0.115. The standard InChI is InChI=1S/C19H23N3O3S/c1-12-17(13-7-9-22(12)10-8-13)21-18(23)19-20-11-16(26-19)25-15-6-4-3-5-14(15)24-2/h3-6,11-13,17H,7-10H2,1-2H3,(H,21,23)/t12-,17-/m0/s1. The minimum Gasteiger partial charge on any atom is -0.493 e. The summed E-state index contributed by atoms with van der Waals surface area (Å²) >= 11 is 1.25. The van der Waals surface area contributed by atoms with Crippen molar-refractivity contribution in [2.24, 2.45) is 5.92 Å². The smallest absolute Gasteiger partial charge is 0.280 e. The largest absolute Gasteiger partial charge is 0.493 e. The van der Waals surface area contributed by atoms with Gasteiger partial charge in [-0.25, -0.2) is 4.98 Å². The number of thiazole rings is 1. The third-order valence-electron chi connectivity index (χ3n) is 5.43. The molecule has 3 aliphatic rings. The molecule has 2 aromatic rings. The Hall–Kier alpha value is -2.12. The molecule has 0 radical (unpaired) electrons. The molecule has 6 nitrogen and oxygen atoms in total. The van der Waals surface area contributed by atoms with E-state index < -0.39 is 0 Å². The number of nitrogens with one attached hydrogen (secondary N) is 1. The fourth-order valence-electron chi connectivity index (χ4n) is 3.98. The van der Waals surface area contributed by atoms with Crippen LogP contribution >= 0.6 is 11.3 Å². The van der Waals surface area contributed by atoms with Gasteiger partial charge in [-0.15, -0.1) is 0 Å². The second-order valence-corrected chi connectivity index (χ2v) is 7.84. The van der Waals surface area contributed by atoms with Crippen LogP contribution < -0.4 is 14.8 Å². The Morgan fingerprint density at radius 3 is 2.69 bits per heavy atom. The molecule has 2 atom stereocenters. The quantitative estimate of drug-likeness (QED) is 0.872. The minimum atomic E-state index is -0.115. The van der Waals surface area contributed by atoms with Crippen molar-refractivity contribution in [2.75, 3.05) is 20.2 Å². The maximum Gasteiger partial charge on any atom is 0.280 e. The summed E-state index contributed by atoms with van der Waals surface area (Å²) in [5.74, 6) is 1.71. The van der Waals surface area contributed by atoms with Crippen molar-refractivity contribution in [2.45, 2.75) is 31.8 Å². The summed E-state index contributed by atoms with van der Waals surface area (Å²) in [4.78, 5) is 19.4. The number of hydrogen-bond acceptors (Lipinski definition) is 6. The second kappa shape index (κ2) is 7.25. The Morgan fingerprint density at radius 2 is 2.00 bits per heavy atom. The van der Waals surface area contributed by atoms with E-state index in [1.54, 1.807) is 13.3 Å². The monoisotopic (exact) mass is 373 g/mol. The molecule has 0 saturated carbocycles. The summed E-state index contributed by atoms with van der Waals surface area (Å²) in [6, 6.07) is 8.00. The van der Waals surface area contributed by atoms with E-state index in [1.165, 1.54) is 11.3 Å². The number of piperidine rings is 3. The maximum atomic E-state index is 12.7. The van der Waals surface area contributed by atoms with Crippen LogP contribution in [0.2, 0.25) is 0 Å². The highest BCUT2D eigenvalue weighted by molar-refractivity contribution is 7.15. The molecule has 1 aromatic heterocycles. The third-order valence-corrected chi connectivity index (χ3v) is 6.31. The molecule has 0 unspecified atom stereocenters. The SMILES string of the molecule is COc1ccccc1Oc1cnc(C(=O)N[C@@H]2C3CCN(CC3)[C@H]2C)s1. The van der Waals surface area contributed by atoms with Crippen molar-refractivity contribution in [3.8, 4) is 16.6 Å². The first-order chi connectivity index (χ1) is 12.7. The van der Waals surface area contributed by atoms with Gasteiger partial charge in [0.2, 0.25) is 5.06 Å². The van der Waals surface area contributed by atoms with Gasteiger partial charge in [-0.3, -0.25) is 9.69 Å². The molecule has 0 spiro atoms. The van der Waals surface area contributed by atoms with Gasteiger partial charge in [0.25, 0.3) is 5.91 Å². The van der Waals surface area contributed by atoms with Gasteiger partial charge >= 0.3 is 0 Å². The van der Waals surface area contributed by atoms with Gasteiger partial charge < -0.3 is 14.8 Å². The van der Waals surface area contributed by atoms with Gasteiger partial charge in [-0.2, -0.15) is 0 Å². The molecular weight excluding hydrogens is 350 g/mol. The number of benzene rings is 1. The van der Waals surface area contributed by atoms with E-state index in [0.29, 0.717) is 33.5 Å². The van der Waals surface area contributed by atoms with E-state index in [4.69, 9.17) is 9.47 Å². The molecule has 3 aliphatic heterocycles. The number of hydrogen-bond donors (Lipinski definition) is 1. The van der Waals surface area contributed by atoms with Crippen molar-refractivity contribution in [1.82, 2.24) is 15.2 Å². The van der Waals surface area contributed by atoms with Gasteiger partial charge in [-0.05, 0) is 50.9 Å². The highest BCUT2D eigenvalue weighted by Gasteiger charge is 2.40. The van der Waals surface area contributed by atoms with Crippen LogP contribution in [0.25, 0.3) is 0 Å². The van der Waals surface area contributed by atoms with E-state index in [0.717, 1.165) is 25.9 Å². The van der Waals surface area contributed by atoms with Crippen LogP contribution in [0, 0.1) is 5.92 Å². The van der Waals surface area contributed by atoms with Crippen LogP contribution in [0.5, 0.6) is 16.6 Å². The number of amides is 1. The number of carbonyl (C=O) groups is 1. The first-order valence-electron chi connectivity index (χ1n) is 8.97. The summed E-state index contributed by atoms with van der Waals surface area (Å²) in [5, 5.41) is 4.20. The second-order valence-electron chi connectivity index (χ2n) is 6.85. The molecular formula is C19H23N3O3S. The zero-order valence-electron chi connectivity index (χ0n) is 15.0. The maximum absolute atomic E-state index is 12.7. The molecule has 1 amide bonds. The van der Waals surface area contributed by atoms with E-state index in [2.05, 4.69) is 22.1 Å². The Bertz CT molecular complexity index is 784. The number of para-hydroxylation sites is 2. The lowest BCUT2D eigenvalue weighted by atomic mass is 9.79. The van der Waals surface area contributed by atoms with Crippen LogP contribution in [0.3, 0.4) is 0 Å². The number of fused-ring (bicyclic) bond motifs is 3. The van der Waals surface area contributed by atoms with Crippen LogP contribution in [0.1, 0.15) is 29.6 Å². The van der Waals surface area contributed by atoms with Gasteiger partial charge in [0.05, 0.1) is 13.3 Å². The first-order valence-corrected chi connectivity index (χ1v) is 9.79. The van der Waals surface area contributed by atoms with Crippen molar-refractivity contribution in [3.63, 3.8) is 0 Å². The van der Waals surface area contributed by atoms with Crippen LogP contribution in [-0.4, -0.2) is 48.1 Å². The van der Waals surface area contributed by atoms with Crippen molar-refractivity contribution in [1.29, 1.82) is 0 Å². The average Bonchev–Trinajstić information content (AvgIpc) is 3.14. The molecule has 5 rings (SSSR count). The fourth-order valence-corrected chi connectivity index (χ4v) is 4.67. The highest BCUT2D eigenvalue weighted by Crippen LogP contribution is 2.35. The van der Waals surface area contributed by atoms with E-state index in [9.17, 15) is 4.79 Å². The number of rotatable bonds is 5. The van der Waals surface area contributed by atoms with Crippen LogP contribution in [0.4, 0.5) is 0 Å². The van der Waals surface area contributed by atoms with E-state index in [1.807, 2.05) is 24.3 Å². The molecule has 0 aliphatic carbocycles. The fraction of sp³-hybridized carbons (Fsp3) is 0.474. The topological polar surface area (TPSA) is 63.7 Å². The number of aromatic nitrogens is 1. The highest BCUT2D eigenvalue weighted by atomic mass is 32.1. The molecule has 138 valence electrons. The summed E-state index contributed by atoms with van der Waals surface area (Å²) < 4.78 is 11.1. The lowest BCUT2D eigenvalue weighted by molar-refractivity contribution is 0.0217. The molecule has 1 N–H and O–H groups in total. The Kier molecular flexibility index (Phi) is 4.82. The predicted molar refractivity (Wildman–Crippen MR) is 100 cm³/mol. The van der Waals surface area contributed by atoms with Crippen LogP contribution in [-0.2, 0) is 0 Å². The molecule has 3 saturated heterocycles. The molecule has 26 heavy (non-hydrogen) atoms. The summed E-state index contributed by atoms with van der Waals surface area (Å²) in [7, 11) is 1.60. The molecule has 4 heterocycles. The summed E-state index contributed by atoms with van der Waals surface area (Å²) in [6.07, 6.45) is 3.91. The van der Waals surface area contributed by atoms with Crippen molar-refractivity contribution >= 4 is 17.2 Å². The number of ether oxygens (including phenoxy) is 2. The van der Waals surface area contributed by atoms with Gasteiger partial charge in [-0.1, -0.05) is 23.5 Å². The van der Waals surface area contributed by atoms with Gasteiger partial charge in [0, 0.05) is 12.1 Å². The van der Waals surface area contributed by atoms with E-state index >= 15 is 0 Å². The lowest BCUT2D eigenvalue weighted by Gasteiger charge is -2.49. The van der Waals surface area contributed by atoms with Crippen LogP contribution in [0.15, 0.2) is 30.5 Å². The summed E-state index contributed by atoms with van der Waals surface area (Å²) in [6.45, 7) is 4.49.